The molecule has 3 N–H and O–H groups in total. The quantitative estimate of drug-likeness (QED) is 0.248. The van der Waals surface area contributed by atoms with E-state index in [1.165, 1.54) is 16.9 Å². The zero-order valence-electron chi connectivity index (χ0n) is 22.7. The van der Waals surface area contributed by atoms with E-state index in [1.54, 1.807) is 12.4 Å². The molecule has 2 amide bonds. The zero-order valence-corrected chi connectivity index (χ0v) is 23.5. The monoisotopic (exact) mass is 565 g/mol. The van der Waals surface area contributed by atoms with E-state index in [-0.39, 0.29) is 23.9 Å². The Bertz CT molecular complexity index is 1650. The summed E-state index contributed by atoms with van der Waals surface area (Å²) in [5, 5.41) is 17.1. The number of aryl methyl sites for hydroxylation is 1. The van der Waals surface area contributed by atoms with Crippen molar-refractivity contribution in [2.75, 3.05) is 18.4 Å². The number of fused-ring (bicyclic) bond motifs is 1. The van der Waals surface area contributed by atoms with E-state index in [0.717, 1.165) is 34.3 Å². The first-order valence-corrected chi connectivity index (χ1v) is 14.6. The number of anilines is 1. The summed E-state index contributed by atoms with van der Waals surface area (Å²) in [4.78, 5) is 37.3. The number of aromatic nitrogens is 4. The van der Waals surface area contributed by atoms with E-state index in [9.17, 15) is 9.59 Å². The Kier molecular flexibility index (Phi) is 7.84. The van der Waals surface area contributed by atoms with E-state index in [1.807, 2.05) is 60.8 Å². The molecule has 0 aliphatic carbocycles. The second kappa shape index (κ2) is 12.0. The van der Waals surface area contributed by atoms with Crippen LogP contribution in [0, 0.1) is 6.92 Å². The number of nitrogens with zero attached hydrogens (tertiary/aromatic N) is 4. The van der Waals surface area contributed by atoms with Gasteiger partial charge in [-0.05, 0) is 62.1 Å². The van der Waals surface area contributed by atoms with Crippen LogP contribution in [-0.2, 0) is 11.2 Å². The molecule has 10 heteroatoms. The fraction of sp³-hybridized carbons (Fsp3) is 0.258. The van der Waals surface area contributed by atoms with Crippen molar-refractivity contribution in [1.29, 1.82) is 0 Å². The third-order valence-corrected chi connectivity index (χ3v) is 8.20. The van der Waals surface area contributed by atoms with Crippen molar-refractivity contribution in [2.45, 2.75) is 38.3 Å². The normalized spacial score (nSPS) is 17.4. The van der Waals surface area contributed by atoms with Gasteiger partial charge in [0, 0.05) is 59.1 Å². The lowest BCUT2D eigenvalue weighted by Crippen LogP contribution is -2.55. The predicted octanol–water partition coefficient (Wildman–Crippen LogP) is 4.83. The molecule has 208 valence electrons. The summed E-state index contributed by atoms with van der Waals surface area (Å²) in [5.41, 5.74) is 5.30. The minimum Gasteiger partial charge on any atom is -0.348 e. The van der Waals surface area contributed by atoms with Crippen molar-refractivity contribution in [3.05, 3.63) is 95.3 Å². The van der Waals surface area contributed by atoms with Crippen LogP contribution >= 0.6 is 11.3 Å². The number of hydrogen-bond acceptors (Lipinski definition) is 7. The summed E-state index contributed by atoms with van der Waals surface area (Å²) in [6, 6.07) is 19.4. The highest BCUT2D eigenvalue weighted by atomic mass is 32.1. The van der Waals surface area contributed by atoms with Crippen LogP contribution in [-0.4, -0.2) is 62.1 Å². The van der Waals surface area contributed by atoms with Gasteiger partial charge in [0.25, 0.3) is 5.91 Å². The smallest absolute Gasteiger partial charge is 0.251 e. The molecular weight excluding hydrogens is 534 g/mol. The topological polar surface area (TPSA) is 116 Å². The second-order valence-corrected chi connectivity index (χ2v) is 11.2. The Morgan fingerprint density at radius 1 is 1.05 bits per heavy atom. The molecule has 5 aromatic rings. The number of benzene rings is 2. The Morgan fingerprint density at radius 3 is 2.73 bits per heavy atom. The van der Waals surface area contributed by atoms with Crippen LogP contribution in [0.25, 0.3) is 22.2 Å². The average Bonchev–Trinajstić information content (AvgIpc) is 3.66. The fourth-order valence-electron chi connectivity index (χ4n) is 5.43. The lowest BCUT2D eigenvalue weighted by atomic mass is 9.96. The van der Waals surface area contributed by atoms with Gasteiger partial charge in [0.2, 0.25) is 5.91 Å². The van der Waals surface area contributed by atoms with Crippen molar-refractivity contribution in [3.63, 3.8) is 0 Å². The van der Waals surface area contributed by atoms with Crippen LogP contribution in [0.1, 0.15) is 34.5 Å². The summed E-state index contributed by atoms with van der Waals surface area (Å²) in [6.45, 7) is 3.24. The van der Waals surface area contributed by atoms with E-state index < -0.39 is 0 Å². The highest BCUT2D eigenvalue weighted by Crippen LogP contribution is 2.28. The third-order valence-electron chi connectivity index (χ3n) is 7.51. The molecule has 3 aromatic heterocycles. The maximum atomic E-state index is 13.4. The number of H-pyrrole nitrogens is 1. The number of rotatable bonds is 8. The molecule has 0 spiro atoms. The second-order valence-electron chi connectivity index (χ2n) is 10.3. The number of nitrogens with one attached hydrogen (secondary N) is 3. The van der Waals surface area contributed by atoms with Crippen LogP contribution in [0.5, 0.6) is 0 Å². The maximum absolute atomic E-state index is 13.4. The predicted molar refractivity (Wildman–Crippen MR) is 161 cm³/mol. The molecule has 1 fully saturated rings. The van der Waals surface area contributed by atoms with Gasteiger partial charge in [-0.3, -0.25) is 24.6 Å². The Labute approximate surface area is 242 Å². The molecule has 41 heavy (non-hydrogen) atoms. The highest BCUT2D eigenvalue weighted by molar-refractivity contribution is 7.13. The maximum Gasteiger partial charge on any atom is 0.251 e. The lowest BCUT2D eigenvalue weighted by molar-refractivity contribution is -0.122. The van der Waals surface area contributed by atoms with Crippen molar-refractivity contribution in [3.8, 4) is 11.3 Å². The standard InChI is InChI=1S/C31H31N7O2S/c1-20-17-22(11-13-32-20)28-25-18-23(7-9-26(25)36-37-28)29(39)34-24-8-10-27(30(40)35-31-33-14-16-41-31)38(19-24)15-12-21-5-3-2-4-6-21/h2-7,9,11,13-14,16-18,24,27H,8,10,12,15,19H2,1H3,(H,34,39)(H,36,37)(H,33,35,40)/t24-,27+/m1/s1. The number of likely N-dealkylation sites (tertiary alicyclic amines) is 1. The minimum absolute atomic E-state index is 0.0536. The van der Waals surface area contributed by atoms with Gasteiger partial charge in [0.15, 0.2) is 5.13 Å². The van der Waals surface area contributed by atoms with Crippen LogP contribution in [0.4, 0.5) is 5.13 Å². The van der Waals surface area contributed by atoms with Gasteiger partial charge in [-0.2, -0.15) is 5.10 Å². The van der Waals surface area contributed by atoms with Crippen LogP contribution in [0.3, 0.4) is 0 Å². The largest absolute Gasteiger partial charge is 0.348 e. The zero-order chi connectivity index (χ0) is 28.2. The third kappa shape index (κ3) is 6.18. The van der Waals surface area contributed by atoms with Gasteiger partial charge in [0.1, 0.15) is 5.69 Å². The van der Waals surface area contributed by atoms with Gasteiger partial charge in [0.05, 0.1) is 11.6 Å². The molecule has 0 bridgehead atoms. The van der Waals surface area contributed by atoms with Crippen molar-refractivity contribution in [2.24, 2.45) is 0 Å². The summed E-state index contributed by atoms with van der Waals surface area (Å²) >= 11 is 1.41. The van der Waals surface area contributed by atoms with Crippen LogP contribution in [0.2, 0.25) is 0 Å². The van der Waals surface area contributed by atoms with Crippen molar-refractivity contribution >= 4 is 39.2 Å². The van der Waals surface area contributed by atoms with Gasteiger partial charge < -0.3 is 10.6 Å². The number of hydrogen-bond donors (Lipinski definition) is 3. The fourth-order valence-corrected chi connectivity index (χ4v) is 5.97. The van der Waals surface area contributed by atoms with Crippen LogP contribution in [0.15, 0.2) is 78.4 Å². The first kappa shape index (κ1) is 26.8. The van der Waals surface area contributed by atoms with Gasteiger partial charge in [-0.15, -0.1) is 11.3 Å². The minimum atomic E-state index is -0.288. The number of carbonyl (C=O) groups is 2. The van der Waals surface area contributed by atoms with Gasteiger partial charge >= 0.3 is 0 Å². The molecule has 0 radical (unpaired) electrons. The van der Waals surface area contributed by atoms with E-state index in [0.29, 0.717) is 36.6 Å². The Hall–Kier alpha value is -4.41. The van der Waals surface area contributed by atoms with Crippen molar-refractivity contribution in [1.82, 2.24) is 30.4 Å². The number of pyridine rings is 1. The van der Waals surface area contributed by atoms with Crippen LogP contribution < -0.4 is 10.6 Å². The summed E-state index contributed by atoms with van der Waals surface area (Å²) in [6.07, 6.45) is 5.61. The molecule has 4 heterocycles. The molecule has 2 aromatic carbocycles. The Morgan fingerprint density at radius 2 is 1.93 bits per heavy atom. The Balaban J connectivity index is 1.17. The molecule has 1 aliphatic rings. The molecule has 1 aliphatic heterocycles. The molecular formula is C31H31N7O2S. The van der Waals surface area contributed by atoms with E-state index in [4.69, 9.17) is 0 Å². The summed E-state index contributed by atoms with van der Waals surface area (Å²) in [5.74, 6) is -0.189. The van der Waals surface area contributed by atoms with Gasteiger partial charge in [-0.1, -0.05) is 30.3 Å². The van der Waals surface area contributed by atoms with Gasteiger partial charge in [-0.25, -0.2) is 4.98 Å². The summed E-state index contributed by atoms with van der Waals surface area (Å²) in [7, 11) is 0. The number of aromatic amines is 1. The average molecular weight is 566 g/mol. The number of thiazole rings is 1. The van der Waals surface area contributed by atoms with Crippen molar-refractivity contribution < 1.29 is 9.59 Å². The molecule has 1 saturated heterocycles. The molecule has 9 nitrogen and oxygen atoms in total. The van der Waals surface area contributed by atoms with E-state index >= 15 is 0 Å². The highest BCUT2D eigenvalue weighted by Gasteiger charge is 2.34. The molecule has 0 unspecified atom stereocenters. The number of carbonyl (C=O) groups excluding carboxylic acids is 2. The molecule has 6 rings (SSSR count). The number of piperidine rings is 1. The molecule has 2 atom stereocenters. The number of amides is 2. The summed E-state index contributed by atoms with van der Waals surface area (Å²) < 4.78 is 0. The first-order chi connectivity index (χ1) is 20.0. The lowest BCUT2D eigenvalue weighted by Gasteiger charge is -2.39. The SMILES string of the molecule is Cc1cc(-c2n[nH]c3ccc(C(=O)N[C@@H]4CC[C@@H](C(=O)Nc5nccs5)N(CCc5ccccc5)C4)cc23)ccn1. The van der Waals surface area contributed by atoms with E-state index in [2.05, 4.69) is 47.8 Å². The first-order valence-electron chi connectivity index (χ1n) is 13.7. The molecule has 0 saturated carbocycles.